The fourth-order valence-corrected chi connectivity index (χ4v) is 17.5. The van der Waals surface area contributed by atoms with Crippen LogP contribution in [0.4, 0.5) is 86.7 Å². The molecule has 7 aliphatic heterocycles. The Labute approximate surface area is 812 Å². The zero-order valence-electron chi connectivity index (χ0n) is 78.2. The number of rotatable bonds is 28. The monoisotopic (exact) mass is 1890 g/mol. The van der Waals surface area contributed by atoms with Crippen LogP contribution in [-0.2, 0) is 30.5 Å². The van der Waals surface area contributed by atoms with Gasteiger partial charge < -0.3 is 89.7 Å². The maximum atomic E-state index is 12.9. The van der Waals surface area contributed by atoms with Gasteiger partial charge in [0.15, 0.2) is 11.9 Å². The first-order chi connectivity index (χ1) is 67.6. The lowest BCUT2D eigenvalue weighted by Crippen LogP contribution is -3.14. The van der Waals surface area contributed by atoms with Crippen LogP contribution in [0.5, 0.6) is 0 Å². The molecule has 34 heteroatoms. The number of hydrogen-bond donors (Lipinski definition) is 21. The van der Waals surface area contributed by atoms with Crippen LogP contribution in [0.15, 0.2) is 247 Å². The maximum absolute atomic E-state index is 12.9. The summed E-state index contributed by atoms with van der Waals surface area (Å²) in [7, 11) is 0. The van der Waals surface area contributed by atoms with Gasteiger partial charge in [0.2, 0.25) is 0 Å². The quantitative estimate of drug-likeness (QED) is 0.0258. The molecule has 2 fully saturated rings. The van der Waals surface area contributed by atoms with Crippen molar-refractivity contribution in [3.63, 3.8) is 0 Å². The average Bonchev–Trinajstić information content (AvgIpc) is 1.03. The number of nitrogens with two attached hydrogens (primary N) is 1. The third kappa shape index (κ3) is 30.0. The number of urea groups is 5. The predicted molar refractivity (Wildman–Crippen MR) is 545 cm³/mol. The number of carbonyl (C=O) groups excluding carboxylic acids is 7. The standard InChI is InChI=1S/C29H28N6O4.C27H29N7O2.C27H27N7O2.C22H32ClN5/c36-25(14-18-3-1-4-20(11-18)26-30-7-8-31-26)15-19-12-22(28(37)38)17-24(13-19)35-29(39)34-23-6-2-5-21(16-23)27-32-9-10-33-27;35-26(31-20-7-1-5-18(15-20)24-11-4-12-28-24)33-22-9-3-10-23(17-22)34-27(36)32-21-8-2-6-19(16-21)25-29-13-14-30-25;35-26(31-20-11-9-18(10-12-20)24-8-3-13-28-24)33-22-6-2-7-23(17-22)34-27(36)32-21-5-1-4-19(16-21)25-29-14-15-30-25;1-4-28-9-5-6-19(14-28)26-21-11-16(3)25-22(27-21)13-18(24)12-17-7-8-20(23)15(2)10-17/h1-6,11-13,16-17H,7-10,14-15H2,(H,30,31)(H,32,33)(H,37,38)(H2,34,35,39);1-3,5-10,15-17,25,29-30H,4,11-14H2,(H2,31,33,35)(H2,32,34,36);1-2,4-7,9-12,16-17H,3,8,13-15H2,(H,29,30)(H2,31,33,35)(H2,32,34,36);7-8,10-11,18-19H,4-6,9,12-14,24H2,1-3H3,(H,25,26,27)/p+5. The molecule has 4 atom stereocenters. The number of carboxylic acids is 1. The Morgan fingerprint density at radius 1 is 0.489 bits per heavy atom. The molecule has 24 N–H and O–H groups in total. The second-order valence-electron chi connectivity index (χ2n) is 35.0. The summed E-state index contributed by atoms with van der Waals surface area (Å²) >= 11 is 6.14. The number of halogens is 1. The Hall–Kier alpha value is -15.6. The number of aromatic nitrogens is 2. The van der Waals surface area contributed by atoms with Gasteiger partial charge in [-0.2, -0.15) is 0 Å². The van der Waals surface area contributed by atoms with Crippen molar-refractivity contribution in [3.8, 4) is 0 Å². The number of quaternary nitrogens is 3. The number of likely N-dealkylation sites (N-methyl/N-ethyl adjacent to an activating group) is 1. The molecule has 716 valence electrons. The third-order valence-electron chi connectivity index (χ3n) is 24.0. The van der Waals surface area contributed by atoms with Gasteiger partial charge >= 0.3 is 30.2 Å². The van der Waals surface area contributed by atoms with E-state index in [-0.39, 0.29) is 66.2 Å². The molecule has 0 aliphatic carbocycles. The van der Waals surface area contributed by atoms with E-state index < -0.39 is 12.0 Å². The Kier molecular flexibility index (Phi) is 34.4. The zero-order valence-corrected chi connectivity index (χ0v) is 79.0. The van der Waals surface area contributed by atoms with Crippen LogP contribution in [0.2, 0.25) is 5.02 Å². The lowest BCUT2D eigenvalue weighted by molar-refractivity contribution is -0.903. The summed E-state index contributed by atoms with van der Waals surface area (Å²) in [6, 6.07) is 71.1. The Morgan fingerprint density at radius 3 is 1.61 bits per heavy atom. The van der Waals surface area contributed by atoms with E-state index >= 15 is 0 Å². The smallest absolute Gasteiger partial charge is 0.323 e. The van der Waals surface area contributed by atoms with E-state index in [9.17, 15) is 38.7 Å². The second kappa shape index (κ2) is 48.8. The number of carboxylic acid groups (broad SMARTS) is 1. The number of nitrogens with zero attached hydrogens (tertiary/aromatic N) is 4. The van der Waals surface area contributed by atoms with Crippen molar-refractivity contribution in [2.24, 2.45) is 9.98 Å². The van der Waals surface area contributed by atoms with Crippen molar-refractivity contribution >= 4 is 145 Å². The average molecular weight is 1900 g/mol. The van der Waals surface area contributed by atoms with Crippen molar-refractivity contribution in [1.29, 1.82) is 0 Å². The number of Topliss-reactive ketones (excluding diaryl/α,β-unsaturated/α-hetero) is 1. The van der Waals surface area contributed by atoms with Crippen LogP contribution >= 0.6 is 11.6 Å². The number of amides is 10. The Morgan fingerprint density at radius 2 is 1.05 bits per heavy atom. The third-order valence-corrected chi connectivity index (χ3v) is 24.4. The minimum Gasteiger partial charge on any atom is -0.545 e. The van der Waals surface area contributed by atoms with Gasteiger partial charge in [-0.15, -0.1) is 0 Å². The number of nitrogens with one attached hydrogen (secondary N) is 19. The number of carbonyl (C=O) groups is 7. The molecule has 4 unspecified atom stereocenters. The summed E-state index contributed by atoms with van der Waals surface area (Å²) in [4.78, 5) is 117. The van der Waals surface area contributed by atoms with Gasteiger partial charge in [-0.05, 0) is 225 Å². The van der Waals surface area contributed by atoms with Gasteiger partial charge in [0.1, 0.15) is 56.0 Å². The predicted octanol–water partition coefficient (Wildman–Crippen LogP) is 6.24. The summed E-state index contributed by atoms with van der Waals surface area (Å²) in [6.07, 6.45) is 8.81. The number of aromatic carboxylic acids is 1. The molecule has 18 rings (SSSR count). The number of hydrogen-bond acceptors (Lipinski definition) is 17. The van der Waals surface area contributed by atoms with Crippen LogP contribution in [0.25, 0.3) is 0 Å². The van der Waals surface area contributed by atoms with Gasteiger partial charge in [0, 0.05) is 141 Å². The molecule has 8 heterocycles. The van der Waals surface area contributed by atoms with Crippen LogP contribution < -0.4 is 116 Å². The van der Waals surface area contributed by atoms with Gasteiger partial charge in [-0.3, -0.25) is 40.7 Å². The van der Waals surface area contributed by atoms with Crippen LogP contribution in [0.3, 0.4) is 0 Å². The van der Waals surface area contributed by atoms with E-state index in [0.717, 1.165) is 188 Å². The summed E-state index contributed by atoms with van der Waals surface area (Å²) in [5.74, 6) is 3.02. The molecular formula is C105H121ClN25O8+5. The van der Waals surface area contributed by atoms with Crippen LogP contribution in [0.1, 0.15) is 129 Å². The lowest BCUT2D eigenvalue weighted by atomic mass is 9.99. The molecule has 33 nitrogen and oxygen atoms in total. The van der Waals surface area contributed by atoms with Crippen molar-refractivity contribution in [2.45, 2.75) is 103 Å². The van der Waals surface area contributed by atoms with Crippen LogP contribution in [0, 0.1) is 13.8 Å². The largest absolute Gasteiger partial charge is 0.545 e. The molecule has 2 saturated heterocycles. The van der Waals surface area contributed by atoms with Crippen molar-refractivity contribution in [3.05, 3.63) is 314 Å². The van der Waals surface area contributed by atoms with Crippen LogP contribution in [-0.4, -0.2) is 178 Å². The molecule has 0 saturated carbocycles. The SMILES string of the molecule is CC[NH+]1CCCC(Nc2cc(C)nc(CC([NH3+])Cc3ccc(Cl)c(C)c3)n2)C1.O=C(Cc1cc(NC(=O)Nc2cccc(C3=NCCN3)c2)cc(C(=O)[O-])c1)Cc1cccc(C2=[NH+]CCN2)c1.O=C(Nc1ccc(C2=NCCC2)cc1)Nc1cccc(NC(=O)Nc2cccc(C3=[NH+]CCN3)c2)c1.O=C(Nc1cccc(NC(=O)Nc2cccc(C3NCC[NH2+]3)c2)c1)Nc1cccc(C2=[NH+]CCC2)c1. The van der Waals surface area contributed by atoms with Crippen molar-refractivity contribution in [1.82, 2.24) is 31.2 Å². The number of benzene rings is 10. The van der Waals surface area contributed by atoms with E-state index in [1.807, 2.05) is 153 Å². The van der Waals surface area contributed by atoms with E-state index in [0.29, 0.717) is 69.3 Å². The number of aliphatic imine (C=N–C) groups is 2. The summed E-state index contributed by atoms with van der Waals surface area (Å²) < 4.78 is 0. The van der Waals surface area contributed by atoms with Crippen molar-refractivity contribution < 1.29 is 69.6 Å². The molecule has 139 heavy (non-hydrogen) atoms. The first kappa shape index (κ1) is 98.0. The minimum atomic E-state index is -1.40. The summed E-state index contributed by atoms with van der Waals surface area (Å²) in [5, 5.41) is 59.6. The number of piperidine rings is 1. The van der Waals surface area contributed by atoms with Gasteiger partial charge in [0.25, 0.3) is 11.7 Å². The first-order valence-electron chi connectivity index (χ1n) is 47.4. The molecular weight excluding hydrogens is 1770 g/mol. The van der Waals surface area contributed by atoms with E-state index in [2.05, 4.69) is 146 Å². The molecule has 0 bridgehead atoms. The Balaban J connectivity index is 0.000000141. The molecule has 1 aromatic heterocycles. The van der Waals surface area contributed by atoms with Gasteiger partial charge in [-0.25, -0.2) is 38.9 Å². The highest BCUT2D eigenvalue weighted by Gasteiger charge is 2.27. The van der Waals surface area contributed by atoms with Crippen molar-refractivity contribution in [2.75, 3.05) is 144 Å². The first-order valence-corrected chi connectivity index (χ1v) is 47.8. The highest BCUT2D eigenvalue weighted by Crippen LogP contribution is 2.27. The number of amidine groups is 3. The second-order valence-corrected chi connectivity index (χ2v) is 35.4. The summed E-state index contributed by atoms with van der Waals surface area (Å²) in [5.41, 5.74) is 23.2. The molecule has 0 radical (unpaired) electrons. The zero-order chi connectivity index (χ0) is 96.8. The number of anilines is 11. The molecule has 0 spiro atoms. The maximum Gasteiger partial charge on any atom is 0.323 e. The summed E-state index contributed by atoms with van der Waals surface area (Å²) in [6.45, 7) is 18.8. The van der Waals surface area contributed by atoms with E-state index in [1.54, 1.807) is 71.6 Å². The van der Waals surface area contributed by atoms with Gasteiger partial charge in [-0.1, -0.05) is 96.5 Å². The molecule has 10 aromatic carbocycles. The normalized spacial score (nSPS) is 16.2. The highest BCUT2D eigenvalue weighted by molar-refractivity contribution is 6.31. The topological polar surface area (TPSA) is 464 Å². The number of aryl methyl sites for hydroxylation is 2. The fraction of sp³-hybridized carbons (Fsp3) is 0.276. The number of likely N-dealkylation sites (tertiary alicyclic amines) is 1. The molecule has 11 aromatic rings. The van der Waals surface area contributed by atoms with E-state index in [4.69, 9.17) is 16.6 Å². The lowest BCUT2D eigenvalue weighted by Gasteiger charge is -2.30. The molecule has 10 amide bonds. The van der Waals surface area contributed by atoms with E-state index in [1.165, 1.54) is 55.9 Å². The fourth-order valence-electron chi connectivity index (χ4n) is 17.4. The molecule has 7 aliphatic rings. The van der Waals surface area contributed by atoms with Gasteiger partial charge in [0.05, 0.1) is 74.9 Å². The number of ketones is 1. The highest BCUT2D eigenvalue weighted by atomic mass is 35.5. The minimum absolute atomic E-state index is 0.00583. The Bertz CT molecular complexity index is 6320.